The molecule has 1 saturated carbocycles. The number of ether oxygens (including phenoxy) is 4. The van der Waals surface area contributed by atoms with Gasteiger partial charge in [-0.2, -0.15) is 0 Å². The topological polar surface area (TPSA) is 295 Å². The van der Waals surface area contributed by atoms with E-state index in [1.165, 1.54) is 6.92 Å². The number of nitrogens with one attached hydrogen (secondary N) is 3. The van der Waals surface area contributed by atoms with Crippen molar-refractivity contribution in [2.45, 2.75) is 111 Å². The Labute approximate surface area is 245 Å². The highest BCUT2D eigenvalue weighted by atomic mass is 16.7. The van der Waals surface area contributed by atoms with Crippen LogP contribution >= 0.6 is 0 Å². The number of carbonyl (C=O) groups is 1. The highest BCUT2D eigenvalue weighted by Gasteiger charge is 2.52. The van der Waals surface area contributed by atoms with Gasteiger partial charge in [-0.25, -0.2) is 0 Å². The zero-order chi connectivity index (χ0) is 31.2. The van der Waals surface area contributed by atoms with E-state index in [2.05, 4.69) is 16.0 Å². The molecule has 2 aliphatic heterocycles. The second-order valence-electron chi connectivity index (χ2n) is 11.7. The first-order chi connectivity index (χ1) is 19.8. The van der Waals surface area contributed by atoms with E-state index in [-0.39, 0.29) is 32.3 Å². The Morgan fingerprint density at radius 2 is 1.81 bits per heavy atom. The lowest BCUT2D eigenvalue weighted by Gasteiger charge is -2.49. The van der Waals surface area contributed by atoms with Gasteiger partial charge in [0.25, 0.3) is 0 Å². The molecule has 246 valence electrons. The number of nitrogens with two attached hydrogens (primary N) is 4. The summed E-state index contributed by atoms with van der Waals surface area (Å²) in [7, 11) is 1.57. The highest BCUT2D eigenvalue weighted by Crippen LogP contribution is 2.32. The van der Waals surface area contributed by atoms with Crippen LogP contribution in [0.25, 0.3) is 0 Å². The number of hydrogen-bond acceptors (Lipinski definition) is 16. The largest absolute Gasteiger partial charge is 0.395 e. The van der Waals surface area contributed by atoms with Crippen LogP contribution in [0.1, 0.15) is 26.2 Å². The summed E-state index contributed by atoms with van der Waals surface area (Å²) < 4.78 is 23.9. The van der Waals surface area contributed by atoms with Crippen LogP contribution in [-0.2, 0) is 23.7 Å². The van der Waals surface area contributed by atoms with Crippen molar-refractivity contribution >= 4 is 5.91 Å². The lowest BCUT2D eigenvalue weighted by atomic mass is 9.83. The zero-order valence-corrected chi connectivity index (χ0v) is 24.2. The van der Waals surface area contributed by atoms with E-state index < -0.39 is 84.8 Å². The summed E-state index contributed by atoms with van der Waals surface area (Å²) >= 11 is 0. The molecule has 2 saturated heterocycles. The number of aliphatic hydroxyl groups is 5. The molecule has 17 nitrogen and oxygen atoms in total. The molecule has 0 spiro atoms. The summed E-state index contributed by atoms with van der Waals surface area (Å²) in [5.74, 6) is -0.787. The number of hydrogen-bond donors (Lipinski definition) is 12. The van der Waals surface area contributed by atoms with Crippen molar-refractivity contribution < 1.29 is 49.3 Å². The first kappa shape index (κ1) is 35.4. The molecule has 0 bridgehead atoms. The first-order valence-electron chi connectivity index (χ1n) is 14.4. The van der Waals surface area contributed by atoms with E-state index in [9.17, 15) is 25.2 Å². The van der Waals surface area contributed by atoms with Crippen molar-refractivity contribution in [1.82, 2.24) is 16.0 Å². The van der Waals surface area contributed by atoms with Gasteiger partial charge in [0.05, 0.1) is 37.4 Å². The number of aliphatic hydroxyl groups excluding tert-OH is 4. The Balaban J connectivity index is 1.75. The monoisotopic (exact) mass is 609 g/mol. The van der Waals surface area contributed by atoms with Gasteiger partial charge in [-0.3, -0.25) is 4.79 Å². The normalized spacial score (nSPS) is 42.6. The van der Waals surface area contributed by atoms with Crippen molar-refractivity contribution in [3.8, 4) is 0 Å². The second kappa shape index (κ2) is 15.7. The number of likely N-dealkylation sites (N-methyl/N-ethyl adjacent to an activating group) is 1. The summed E-state index contributed by atoms with van der Waals surface area (Å²) in [4.78, 5) is 12.5. The SMILES string of the molecule is CN[C@@H]1[C@@H](O)[C@@H](O[C@@H]2[C@@H](O)[C@H](O[C@H]3O[C@H](CNCC(N)CO)CC[C@H]3N)[C@@H](N)C[C@H]2NC(=O)[C@@H](O)CN)OC[C@]1(C)O. The van der Waals surface area contributed by atoms with Crippen molar-refractivity contribution in [2.75, 3.05) is 39.9 Å². The Kier molecular flexibility index (Phi) is 13.2. The molecule has 17 heteroatoms. The van der Waals surface area contributed by atoms with Gasteiger partial charge >= 0.3 is 0 Å². The smallest absolute Gasteiger partial charge is 0.250 e. The van der Waals surface area contributed by atoms with Crippen molar-refractivity contribution in [3.63, 3.8) is 0 Å². The molecular weight excluding hydrogens is 558 g/mol. The van der Waals surface area contributed by atoms with E-state index in [1.807, 2.05) is 0 Å². The van der Waals surface area contributed by atoms with Crippen molar-refractivity contribution in [3.05, 3.63) is 0 Å². The van der Waals surface area contributed by atoms with E-state index in [0.29, 0.717) is 25.9 Å². The van der Waals surface area contributed by atoms with Crippen LogP contribution in [0.15, 0.2) is 0 Å². The molecule has 2 heterocycles. The Morgan fingerprint density at radius 1 is 1.12 bits per heavy atom. The first-order valence-corrected chi connectivity index (χ1v) is 14.4. The van der Waals surface area contributed by atoms with Gasteiger partial charge in [0.15, 0.2) is 12.6 Å². The van der Waals surface area contributed by atoms with Crippen molar-refractivity contribution in [1.29, 1.82) is 0 Å². The third-order valence-corrected chi connectivity index (χ3v) is 8.11. The number of amides is 1. The van der Waals surface area contributed by atoms with Gasteiger partial charge in [0.1, 0.15) is 36.1 Å². The molecule has 3 aliphatic rings. The third-order valence-electron chi connectivity index (χ3n) is 8.11. The van der Waals surface area contributed by atoms with Gasteiger partial charge in [-0.15, -0.1) is 0 Å². The third kappa shape index (κ3) is 8.74. The van der Waals surface area contributed by atoms with E-state index in [4.69, 9.17) is 47.0 Å². The van der Waals surface area contributed by atoms with Gasteiger partial charge < -0.3 is 83.4 Å². The Bertz CT molecular complexity index is 847. The minimum absolute atomic E-state index is 0.0530. The molecular formula is C25H51N7O10. The quantitative estimate of drug-likeness (QED) is 0.0923. The lowest BCUT2D eigenvalue weighted by molar-refractivity contribution is -0.307. The van der Waals surface area contributed by atoms with Gasteiger partial charge in [0.2, 0.25) is 5.91 Å². The summed E-state index contributed by atoms with van der Waals surface area (Å²) in [6, 6.07) is -3.50. The van der Waals surface area contributed by atoms with Crippen LogP contribution in [0, 0.1) is 0 Å². The van der Waals surface area contributed by atoms with E-state index in [1.54, 1.807) is 7.05 Å². The summed E-state index contributed by atoms with van der Waals surface area (Å²) in [5, 5.41) is 60.7. The highest BCUT2D eigenvalue weighted by molar-refractivity contribution is 5.81. The van der Waals surface area contributed by atoms with Gasteiger partial charge in [-0.1, -0.05) is 0 Å². The van der Waals surface area contributed by atoms with E-state index in [0.717, 1.165) is 0 Å². The lowest BCUT2D eigenvalue weighted by Crippen LogP contribution is -2.69. The number of rotatable bonds is 13. The molecule has 0 radical (unpaired) electrons. The van der Waals surface area contributed by atoms with Crippen LogP contribution in [0.2, 0.25) is 0 Å². The number of carbonyl (C=O) groups excluding carboxylic acids is 1. The fourth-order valence-electron chi connectivity index (χ4n) is 5.65. The maximum atomic E-state index is 12.5. The minimum Gasteiger partial charge on any atom is -0.395 e. The molecule has 0 aromatic rings. The average Bonchev–Trinajstić information content (AvgIpc) is 2.94. The Morgan fingerprint density at radius 3 is 2.45 bits per heavy atom. The van der Waals surface area contributed by atoms with Crippen LogP contribution in [-0.4, -0.2) is 156 Å². The minimum atomic E-state index is -1.50. The average molecular weight is 610 g/mol. The fraction of sp³-hybridized carbons (Fsp3) is 0.960. The fourth-order valence-corrected chi connectivity index (χ4v) is 5.65. The molecule has 1 unspecified atom stereocenters. The molecule has 42 heavy (non-hydrogen) atoms. The molecule has 3 fully saturated rings. The van der Waals surface area contributed by atoms with Gasteiger partial charge in [0, 0.05) is 31.7 Å². The molecule has 1 amide bonds. The molecule has 0 aromatic carbocycles. The van der Waals surface area contributed by atoms with Crippen molar-refractivity contribution in [2.24, 2.45) is 22.9 Å². The van der Waals surface area contributed by atoms with Gasteiger partial charge in [-0.05, 0) is 33.2 Å². The summed E-state index contributed by atoms with van der Waals surface area (Å²) in [5.41, 5.74) is 22.5. The molecule has 16 N–H and O–H groups in total. The van der Waals surface area contributed by atoms with Crippen LogP contribution in [0.4, 0.5) is 0 Å². The second-order valence-corrected chi connectivity index (χ2v) is 11.7. The molecule has 0 aromatic heterocycles. The Hall–Kier alpha value is -1.13. The maximum Gasteiger partial charge on any atom is 0.250 e. The maximum absolute atomic E-state index is 12.5. The van der Waals surface area contributed by atoms with Crippen LogP contribution in [0.3, 0.4) is 0 Å². The summed E-state index contributed by atoms with van der Waals surface area (Å²) in [6.07, 6.45) is -7.81. The van der Waals surface area contributed by atoms with E-state index >= 15 is 0 Å². The standard InChI is InChI=1S/C25H51N7O10/c1-25(38)10-39-24(18(36)21(25)30-2)42-20-15(32-22(37)16(34)6-26)5-14(29)19(17(20)35)41-23-13(28)4-3-12(40-23)8-31-7-11(27)9-33/h11-21,23-24,30-31,33-36,38H,3-10,26-29H2,1-2H3,(H,32,37)/t11?,12-,13+,14-,15+,16-,17-,18+,19+,20-,21+,23+,24+,25-/m0/s1. The summed E-state index contributed by atoms with van der Waals surface area (Å²) in [6.45, 7) is 1.67. The van der Waals surface area contributed by atoms with Crippen LogP contribution < -0.4 is 38.9 Å². The predicted octanol–water partition coefficient (Wildman–Crippen LogP) is -6.55. The molecule has 1 aliphatic carbocycles. The molecule has 3 rings (SSSR count). The zero-order valence-electron chi connectivity index (χ0n) is 24.2. The molecule has 14 atom stereocenters. The van der Waals surface area contributed by atoms with Crippen LogP contribution in [0.5, 0.6) is 0 Å². The predicted molar refractivity (Wildman–Crippen MR) is 148 cm³/mol.